The van der Waals surface area contributed by atoms with E-state index < -0.39 is 0 Å². The van der Waals surface area contributed by atoms with Gasteiger partial charge in [-0.25, -0.2) is 0 Å². The SMILES string of the molecule is CCSCCNCC(CC)CC. The molecule has 0 heterocycles. The second-order valence-corrected chi connectivity index (χ2v) is 4.48. The van der Waals surface area contributed by atoms with Crippen LogP contribution in [0.3, 0.4) is 0 Å². The maximum absolute atomic E-state index is 3.50. The largest absolute Gasteiger partial charge is 0.316 e. The number of hydrogen-bond acceptors (Lipinski definition) is 2. The van der Waals surface area contributed by atoms with E-state index in [1.165, 1.54) is 37.4 Å². The summed E-state index contributed by atoms with van der Waals surface area (Å²) in [6, 6.07) is 0. The van der Waals surface area contributed by atoms with Crippen molar-refractivity contribution < 1.29 is 0 Å². The van der Waals surface area contributed by atoms with Crippen LogP contribution in [0.15, 0.2) is 0 Å². The lowest BCUT2D eigenvalue weighted by Gasteiger charge is -2.12. The molecular formula is C10H23NS. The Labute approximate surface area is 81.7 Å². The molecule has 0 aliphatic heterocycles. The summed E-state index contributed by atoms with van der Waals surface area (Å²) in [5.41, 5.74) is 0. The van der Waals surface area contributed by atoms with Gasteiger partial charge in [0.25, 0.3) is 0 Å². The van der Waals surface area contributed by atoms with Gasteiger partial charge in [-0.1, -0.05) is 33.6 Å². The molecule has 0 saturated heterocycles. The van der Waals surface area contributed by atoms with Crippen molar-refractivity contribution in [3.8, 4) is 0 Å². The summed E-state index contributed by atoms with van der Waals surface area (Å²) in [5, 5.41) is 3.50. The summed E-state index contributed by atoms with van der Waals surface area (Å²) in [6.45, 7) is 9.14. The minimum absolute atomic E-state index is 0.886. The summed E-state index contributed by atoms with van der Waals surface area (Å²) in [4.78, 5) is 0. The molecule has 0 bridgehead atoms. The number of rotatable bonds is 8. The summed E-state index contributed by atoms with van der Waals surface area (Å²) in [5.74, 6) is 3.39. The third kappa shape index (κ3) is 6.99. The summed E-state index contributed by atoms with van der Waals surface area (Å²) in [6.07, 6.45) is 2.62. The molecule has 0 radical (unpaired) electrons. The molecule has 74 valence electrons. The van der Waals surface area contributed by atoms with Gasteiger partial charge >= 0.3 is 0 Å². The van der Waals surface area contributed by atoms with Gasteiger partial charge in [0.15, 0.2) is 0 Å². The Morgan fingerprint density at radius 2 is 1.83 bits per heavy atom. The van der Waals surface area contributed by atoms with Crippen molar-refractivity contribution in [2.24, 2.45) is 5.92 Å². The van der Waals surface area contributed by atoms with E-state index >= 15 is 0 Å². The Morgan fingerprint density at radius 3 is 2.33 bits per heavy atom. The van der Waals surface area contributed by atoms with Crippen LogP contribution in [-0.2, 0) is 0 Å². The highest BCUT2D eigenvalue weighted by molar-refractivity contribution is 7.99. The Morgan fingerprint density at radius 1 is 1.17 bits per heavy atom. The smallest absolute Gasteiger partial charge is 0.00580 e. The van der Waals surface area contributed by atoms with Crippen LogP contribution in [0.1, 0.15) is 33.6 Å². The van der Waals surface area contributed by atoms with Gasteiger partial charge in [0.05, 0.1) is 0 Å². The highest BCUT2D eigenvalue weighted by Crippen LogP contribution is 2.05. The first kappa shape index (κ1) is 12.3. The average molecular weight is 189 g/mol. The van der Waals surface area contributed by atoms with Gasteiger partial charge in [-0.3, -0.25) is 0 Å². The van der Waals surface area contributed by atoms with Crippen molar-refractivity contribution in [2.75, 3.05) is 24.6 Å². The zero-order chi connectivity index (χ0) is 9.23. The minimum atomic E-state index is 0.886. The monoisotopic (exact) mass is 189 g/mol. The molecule has 0 spiro atoms. The van der Waals surface area contributed by atoms with Gasteiger partial charge in [0, 0.05) is 12.3 Å². The van der Waals surface area contributed by atoms with Crippen LogP contribution in [0.4, 0.5) is 0 Å². The zero-order valence-corrected chi connectivity index (χ0v) is 9.54. The Kier molecular flexibility index (Phi) is 9.64. The minimum Gasteiger partial charge on any atom is -0.316 e. The van der Waals surface area contributed by atoms with E-state index in [4.69, 9.17) is 0 Å². The molecule has 0 aromatic carbocycles. The molecule has 0 rings (SSSR count). The number of hydrogen-bond donors (Lipinski definition) is 1. The standard InChI is InChI=1S/C10H23NS/c1-4-10(5-2)9-11-7-8-12-6-3/h10-11H,4-9H2,1-3H3. The van der Waals surface area contributed by atoms with Gasteiger partial charge in [0.1, 0.15) is 0 Å². The molecule has 0 aromatic heterocycles. The third-order valence-electron chi connectivity index (χ3n) is 2.22. The molecule has 0 unspecified atom stereocenters. The quantitative estimate of drug-likeness (QED) is 0.589. The van der Waals surface area contributed by atoms with E-state index in [9.17, 15) is 0 Å². The van der Waals surface area contributed by atoms with E-state index in [2.05, 4.69) is 26.1 Å². The average Bonchev–Trinajstić information content (AvgIpc) is 2.11. The fraction of sp³-hybridized carbons (Fsp3) is 1.00. The molecule has 1 nitrogen and oxygen atoms in total. The predicted octanol–water partition coefficient (Wildman–Crippen LogP) is 2.77. The van der Waals surface area contributed by atoms with Crippen LogP contribution >= 0.6 is 11.8 Å². The van der Waals surface area contributed by atoms with E-state index in [0.717, 1.165) is 5.92 Å². The molecule has 0 fully saturated rings. The fourth-order valence-electron chi connectivity index (χ4n) is 1.17. The summed E-state index contributed by atoms with van der Waals surface area (Å²) >= 11 is 2.01. The summed E-state index contributed by atoms with van der Waals surface area (Å²) < 4.78 is 0. The topological polar surface area (TPSA) is 12.0 Å². The van der Waals surface area contributed by atoms with Crippen LogP contribution in [0.2, 0.25) is 0 Å². The van der Waals surface area contributed by atoms with Crippen molar-refractivity contribution in [1.29, 1.82) is 0 Å². The Hall–Kier alpha value is 0.310. The Bertz CT molecular complexity index is 81.9. The molecule has 0 atom stereocenters. The molecule has 1 N–H and O–H groups in total. The predicted molar refractivity (Wildman–Crippen MR) is 59.9 cm³/mol. The molecule has 0 amide bonds. The van der Waals surface area contributed by atoms with Crippen LogP contribution in [0, 0.1) is 5.92 Å². The van der Waals surface area contributed by atoms with E-state index in [1.54, 1.807) is 0 Å². The van der Waals surface area contributed by atoms with Crippen LogP contribution < -0.4 is 5.32 Å². The van der Waals surface area contributed by atoms with Crippen LogP contribution in [0.5, 0.6) is 0 Å². The molecule has 0 aliphatic rings. The fourth-order valence-corrected chi connectivity index (χ4v) is 1.75. The normalized spacial score (nSPS) is 11.0. The lowest BCUT2D eigenvalue weighted by atomic mass is 10.0. The van der Waals surface area contributed by atoms with Crippen molar-refractivity contribution in [1.82, 2.24) is 5.32 Å². The first-order chi connectivity index (χ1) is 5.85. The maximum atomic E-state index is 3.50. The second kappa shape index (κ2) is 9.40. The van der Waals surface area contributed by atoms with Gasteiger partial charge in [-0.2, -0.15) is 11.8 Å². The number of nitrogens with one attached hydrogen (secondary N) is 1. The van der Waals surface area contributed by atoms with Crippen molar-refractivity contribution >= 4 is 11.8 Å². The second-order valence-electron chi connectivity index (χ2n) is 3.08. The van der Waals surface area contributed by atoms with Crippen LogP contribution in [0.25, 0.3) is 0 Å². The maximum Gasteiger partial charge on any atom is 0.00580 e. The van der Waals surface area contributed by atoms with Gasteiger partial charge in [-0.05, 0) is 18.2 Å². The first-order valence-corrected chi connectivity index (χ1v) is 6.29. The Balaban J connectivity index is 3.06. The van der Waals surface area contributed by atoms with Gasteiger partial charge in [0.2, 0.25) is 0 Å². The van der Waals surface area contributed by atoms with Crippen molar-refractivity contribution in [3.05, 3.63) is 0 Å². The first-order valence-electron chi connectivity index (χ1n) is 5.13. The molecule has 2 heteroatoms. The summed E-state index contributed by atoms with van der Waals surface area (Å²) in [7, 11) is 0. The highest BCUT2D eigenvalue weighted by atomic mass is 32.2. The molecule has 0 saturated carbocycles. The van der Waals surface area contributed by atoms with E-state index in [1.807, 2.05) is 11.8 Å². The highest BCUT2D eigenvalue weighted by Gasteiger charge is 2.00. The van der Waals surface area contributed by atoms with Crippen molar-refractivity contribution in [3.63, 3.8) is 0 Å². The lowest BCUT2D eigenvalue weighted by molar-refractivity contribution is 0.457. The zero-order valence-electron chi connectivity index (χ0n) is 8.73. The number of thioether (sulfide) groups is 1. The van der Waals surface area contributed by atoms with Gasteiger partial charge in [-0.15, -0.1) is 0 Å². The molecule has 0 aliphatic carbocycles. The van der Waals surface area contributed by atoms with E-state index in [0.29, 0.717) is 0 Å². The van der Waals surface area contributed by atoms with Crippen molar-refractivity contribution in [2.45, 2.75) is 33.6 Å². The molecule has 0 aromatic rings. The lowest BCUT2D eigenvalue weighted by Crippen LogP contribution is -2.24. The van der Waals surface area contributed by atoms with E-state index in [-0.39, 0.29) is 0 Å². The van der Waals surface area contributed by atoms with Crippen LogP contribution in [-0.4, -0.2) is 24.6 Å². The molecular weight excluding hydrogens is 166 g/mol. The van der Waals surface area contributed by atoms with Gasteiger partial charge < -0.3 is 5.32 Å². The third-order valence-corrected chi connectivity index (χ3v) is 3.12. The molecule has 12 heavy (non-hydrogen) atoms.